The van der Waals surface area contributed by atoms with Gasteiger partial charge in [0.25, 0.3) is 5.56 Å². The van der Waals surface area contributed by atoms with Crippen LogP contribution in [-0.4, -0.2) is 16.1 Å². The van der Waals surface area contributed by atoms with Gasteiger partial charge in [-0.3, -0.25) is 14.3 Å². The van der Waals surface area contributed by atoms with Crippen molar-refractivity contribution in [1.29, 1.82) is 0 Å². The van der Waals surface area contributed by atoms with Crippen LogP contribution in [-0.2, 0) is 6.54 Å². The third kappa shape index (κ3) is 3.12. The number of nitrogen functional groups attached to an aromatic ring is 1. The molecule has 0 amide bonds. The molecule has 1 heterocycles. The molecule has 2 rings (SSSR count). The van der Waals surface area contributed by atoms with Crippen molar-refractivity contribution in [3.8, 4) is 0 Å². The van der Waals surface area contributed by atoms with Gasteiger partial charge < -0.3 is 11.1 Å². The summed E-state index contributed by atoms with van der Waals surface area (Å²) in [5, 5.41) is 3.06. The highest BCUT2D eigenvalue weighted by molar-refractivity contribution is 5.60. The van der Waals surface area contributed by atoms with Gasteiger partial charge in [-0.2, -0.15) is 0 Å². The Morgan fingerprint density at radius 3 is 2.90 bits per heavy atom. The molecule has 1 aliphatic carbocycles. The van der Waals surface area contributed by atoms with E-state index >= 15 is 0 Å². The molecule has 6 heteroatoms. The monoisotopic (exact) mass is 278 g/mol. The first-order valence-corrected chi connectivity index (χ1v) is 7.18. The van der Waals surface area contributed by atoms with E-state index in [9.17, 15) is 9.59 Å². The van der Waals surface area contributed by atoms with Crippen molar-refractivity contribution in [2.75, 3.05) is 17.6 Å². The number of H-pyrrole nitrogens is 1. The fourth-order valence-corrected chi connectivity index (χ4v) is 2.52. The predicted octanol–water partition coefficient (Wildman–Crippen LogP) is 1.44. The Hall–Kier alpha value is -1.98. The predicted molar refractivity (Wildman–Crippen MR) is 81.1 cm³/mol. The van der Waals surface area contributed by atoms with Gasteiger partial charge in [0.1, 0.15) is 11.5 Å². The van der Waals surface area contributed by atoms with Gasteiger partial charge in [-0.05, 0) is 32.1 Å². The summed E-state index contributed by atoms with van der Waals surface area (Å²) in [4.78, 5) is 25.8. The fraction of sp³-hybridized carbons (Fsp3) is 0.571. The van der Waals surface area contributed by atoms with Gasteiger partial charge in [0, 0.05) is 13.1 Å². The second-order valence-corrected chi connectivity index (χ2v) is 5.10. The first kappa shape index (κ1) is 14.4. The van der Waals surface area contributed by atoms with Crippen molar-refractivity contribution in [2.45, 2.75) is 45.6 Å². The molecule has 0 fully saturated rings. The Bertz CT molecular complexity index is 613. The second-order valence-electron chi connectivity index (χ2n) is 5.10. The summed E-state index contributed by atoms with van der Waals surface area (Å²) < 4.78 is 1.40. The van der Waals surface area contributed by atoms with Crippen LogP contribution in [0.2, 0.25) is 0 Å². The van der Waals surface area contributed by atoms with Crippen LogP contribution < -0.4 is 22.3 Å². The Morgan fingerprint density at radius 2 is 2.25 bits per heavy atom. The highest BCUT2D eigenvalue weighted by atomic mass is 16.2. The summed E-state index contributed by atoms with van der Waals surface area (Å²) in [5.74, 6) is 0.223. The summed E-state index contributed by atoms with van der Waals surface area (Å²) in [6.07, 6.45) is 7.46. The van der Waals surface area contributed by atoms with Gasteiger partial charge in [0.05, 0.1) is 0 Å². The first-order valence-electron chi connectivity index (χ1n) is 7.18. The van der Waals surface area contributed by atoms with Crippen LogP contribution in [0.15, 0.2) is 21.2 Å². The van der Waals surface area contributed by atoms with Crippen LogP contribution in [0.1, 0.15) is 39.0 Å². The molecule has 110 valence electrons. The third-order valence-corrected chi connectivity index (χ3v) is 3.57. The quantitative estimate of drug-likeness (QED) is 0.686. The van der Waals surface area contributed by atoms with Gasteiger partial charge in [0.15, 0.2) is 0 Å². The average molecular weight is 278 g/mol. The minimum absolute atomic E-state index is 0.223. The molecule has 4 N–H and O–H groups in total. The van der Waals surface area contributed by atoms with Crippen LogP contribution in [0.25, 0.3) is 0 Å². The number of rotatable bonds is 6. The summed E-state index contributed by atoms with van der Waals surface area (Å²) in [6, 6.07) is 0. The lowest BCUT2D eigenvalue weighted by atomic mass is 10.2. The zero-order chi connectivity index (χ0) is 14.5. The number of allylic oxidation sites excluding steroid dienone is 1. The van der Waals surface area contributed by atoms with Gasteiger partial charge in [-0.25, -0.2) is 4.79 Å². The maximum absolute atomic E-state index is 11.8. The summed E-state index contributed by atoms with van der Waals surface area (Å²) >= 11 is 0. The van der Waals surface area contributed by atoms with Crippen LogP contribution in [0.4, 0.5) is 11.5 Å². The molecule has 0 radical (unpaired) electrons. The van der Waals surface area contributed by atoms with Crippen molar-refractivity contribution in [3.05, 3.63) is 32.5 Å². The summed E-state index contributed by atoms with van der Waals surface area (Å²) in [7, 11) is 0. The average Bonchev–Trinajstić information content (AvgIpc) is 2.91. The van der Waals surface area contributed by atoms with E-state index in [0.29, 0.717) is 18.8 Å². The zero-order valence-corrected chi connectivity index (χ0v) is 11.9. The maximum atomic E-state index is 11.8. The van der Waals surface area contributed by atoms with E-state index in [1.54, 1.807) is 0 Å². The smallest absolute Gasteiger partial charge is 0.330 e. The fourth-order valence-electron chi connectivity index (χ4n) is 2.52. The number of aromatic nitrogens is 2. The Labute approximate surface area is 117 Å². The van der Waals surface area contributed by atoms with Crippen LogP contribution >= 0.6 is 0 Å². The number of hydrogen-bond donors (Lipinski definition) is 3. The van der Waals surface area contributed by atoms with E-state index in [0.717, 1.165) is 25.7 Å². The topological polar surface area (TPSA) is 92.9 Å². The van der Waals surface area contributed by atoms with E-state index in [1.807, 2.05) is 6.92 Å². The molecule has 0 saturated heterocycles. The molecule has 0 atom stereocenters. The van der Waals surface area contributed by atoms with E-state index in [1.165, 1.54) is 16.6 Å². The van der Waals surface area contributed by atoms with Crippen LogP contribution in [0.5, 0.6) is 0 Å². The molecule has 0 unspecified atom stereocenters. The SMILES string of the molecule is CCCn1c(N)c(NCCC2=CCCC2)c(=O)[nH]c1=O. The van der Waals surface area contributed by atoms with Gasteiger partial charge >= 0.3 is 5.69 Å². The largest absolute Gasteiger partial charge is 0.383 e. The Morgan fingerprint density at radius 1 is 1.45 bits per heavy atom. The standard InChI is InChI=1S/C14H22N4O2/c1-2-9-18-12(15)11(13(19)17-14(18)20)16-8-7-10-5-3-4-6-10/h5,16H,2-4,6-9,15H2,1H3,(H,17,19,20). The highest BCUT2D eigenvalue weighted by Crippen LogP contribution is 2.20. The van der Waals surface area contributed by atoms with Crippen molar-refractivity contribution in [3.63, 3.8) is 0 Å². The molecule has 0 saturated carbocycles. The van der Waals surface area contributed by atoms with Gasteiger partial charge in [0.2, 0.25) is 0 Å². The summed E-state index contributed by atoms with van der Waals surface area (Å²) in [6.45, 7) is 3.11. The van der Waals surface area contributed by atoms with Crippen LogP contribution in [0, 0.1) is 0 Å². The molecule has 1 aliphatic rings. The molecule has 0 spiro atoms. The molecule has 20 heavy (non-hydrogen) atoms. The minimum Gasteiger partial charge on any atom is -0.383 e. The van der Waals surface area contributed by atoms with Gasteiger partial charge in [-0.1, -0.05) is 18.6 Å². The maximum Gasteiger partial charge on any atom is 0.330 e. The van der Waals surface area contributed by atoms with Crippen molar-refractivity contribution in [2.24, 2.45) is 0 Å². The zero-order valence-electron chi connectivity index (χ0n) is 11.9. The van der Waals surface area contributed by atoms with Crippen molar-refractivity contribution < 1.29 is 0 Å². The van der Waals surface area contributed by atoms with E-state index in [-0.39, 0.29) is 5.82 Å². The molecule has 0 aliphatic heterocycles. The lowest BCUT2D eigenvalue weighted by Crippen LogP contribution is -2.34. The van der Waals surface area contributed by atoms with E-state index < -0.39 is 11.2 Å². The molecule has 6 nitrogen and oxygen atoms in total. The number of hydrogen-bond acceptors (Lipinski definition) is 4. The number of aromatic amines is 1. The number of nitrogens with two attached hydrogens (primary N) is 1. The molecular weight excluding hydrogens is 256 g/mol. The highest BCUT2D eigenvalue weighted by Gasteiger charge is 2.11. The molecule has 1 aromatic rings. The summed E-state index contributed by atoms with van der Waals surface area (Å²) in [5.41, 5.74) is 6.77. The molecule has 0 aromatic carbocycles. The lowest BCUT2D eigenvalue weighted by Gasteiger charge is -2.13. The van der Waals surface area contributed by atoms with Crippen molar-refractivity contribution in [1.82, 2.24) is 9.55 Å². The second kappa shape index (κ2) is 6.45. The normalized spacial score (nSPS) is 14.3. The van der Waals surface area contributed by atoms with E-state index in [4.69, 9.17) is 5.73 Å². The minimum atomic E-state index is -0.446. The Kier molecular flexibility index (Phi) is 4.65. The lowest BCUT2D eigenvalue weighted by molar-refractivity contribution is 0.642. The van der Waals surface area contributed by atoms with Crippen molar-refractivity contribution >= 4 is 11.5 Å². The van der Waals surface area contributed by atoms with E-state index in [2.05, 4.69) is 16.4 Å². The molecule has 1 aromatic heterocycles. The number of nitrogens with zero attached hydrogens (tertiary/aromatic N) is 1. The molecular formula is C14H22N4O2. The number of nitrogens with one attached hydrogen (secondary N) is 2. The van der Waals surface area contributed by atoms with Gasteiger partial charge in [-0.15, -0.1) is 0 Å². The van der Waals surface area contributed by atoms with Crippen LogP contribution in [0.3, 0.4) is 0 Å². The number of anilines is 2. The Balaban J connectivity index is 2.12. The first-order chi connectivity index (χ1) is 9.63. The molecule has 0 bridgehead atoms. The third-order valence-electron chi connectivity index (χ3n) is 3.57.